The summed E-state index contributed by atoms with van der Waals surface area (Å²) in [7, 11) is 0. The molecule has 3 rings (SSSR count). The molecule has 2 aliphatic rings. The van der Waals surface area contributed by atoms with Gasteiger partial charge >= 0.3 is 29.6 Å². The molecule has 2 N–H and O–H groups in total. The molecular formula is C16H17N4NaO6S. The van der Waals surface area contributed by atoms with Crippen molar-refractivity contribution in [2.24, 2.45) is 0 Å². The van der Waals surface area contributed by atoms with Crippen molar-refractivity contribution in [2.45, 2.75) is 36.1 Å². The summed E-state index contributed by atoms with van der Waals surface area (Å²) in [6.07, 6.45) is 0. The first-order valence-corrected chi connectivity index (χ1v) is 8.98. The predicted octanol–water partition coefficient (Wildman–Crippen LogP) is -3.69. The number of nitro benzene ring substituents is 1. The number of thioether (sulfide) groups is 1. The number of nitrogens with one attached hydrogen (secondary N) is 2. The minimum absolute atomic E-state index is 0. The molecular weight excluding hydrogens is 399 g/mol. The number of hydrogen-bond acceptors (Lipinski definition) is 8. The van der Waals surface area contributed by atoms with Crippen LogP contribution in [-0.4, -0.2) is 56.4 Å². The van der Waals surface area contributed by atoms with E-state index in [0.29, 0.717) is 5.69 Å². The molecule has 0 saturated carbocycles. The Morgan fingerprint density at radius 3 is 2.43 bits per heavy atom. The van der Waals surface area contributed by atoms with Crippen LogP contribution in [0, 0.1) is 10.1 Å². The molecule has 3 atom stereocenters. The van der Waals surface area contributed by atoms with Crippen molar-refractivity contribution in [1.82, 2.24) is 10.2 Å². The third-order valence-corrected chi connectivity index (χ3v) is 6.08. The molecule has 144 valence electrons. The molecule has 1 aromatic rings. The Bertz CT molecular complexity index is 818. The average molecular weight is 416 g/mol. The van der Waals surface area contributed by atoms with E-state index in [-0.39, 0.29) is 41.8 Å². The van der Waals surface area contributed by atoms with Gasteiger partial charge in [-0.05, 0) is 26.0 Å². The number of nitro groups is 1. The maximum atomic E-state index is 12.3. The molecule has 1 unspecified atom stereocenters. The minimum Gasteiger partial charge on any atom is -0.548 e. The number of hydrogen-bond donors (Lipinski definition) is 2. The Labute approximate surface area is 186 Å². The predicted molar refractivity (Wildman–Crippen MR) is 94.6 cm³/mol. The molecule has 2 amide bonds. The number of benzene rings is 1. The Kier molecular flexibility index (Phi) is 6.64. The quantitative estimate of drug-likeness (QED) is 0.209. The molecule has 10 nitrogen and oxygen atoms in total. The summed E-state index contributed by atoms with van der Waals surface area (Å²) >= 11 is 1.31. The second kappa shape index (κ2) is 8.27. The molecule has 12 heteroatoms. The summed E-state index contributed by atoms with van der Waals surface area (Å²) < 4.78 is -0.713. The van der Waals surface area contributed by atoms with E-state index >= 15 is 0 Å². The van der Waals surface area contributed by atoms with Crippen LogP contribution in [0.2, 0.25) is 0 Å². The molecule has 0 aliphatic carbocycles. The van der Waals surface area contributed by atoms with E-state index in [2.05, 4.69) is 10.6 Å². The molecule has 1 aromatic carbocycles. The molecule has 0 spiro atoms. The zero-order chi connectivity index (χ0) is 19.9. The maximum Gasteiger partial charge on any atom is 1.00 e. The Hall–Kier alpha value is -1.82. The summed E-state index contributed by atoms with van der Waals surface area (Å²) in [6, 6.07) is 3.75. The molecule has 2 saturated heterocycles. The smallest absolute Gasteiger partial charge is 0.548 e. The van der Waals surface area contributed by atoms with Gasteiger partial charge in [0.2, 0.25) is 11.8 Å². The summed E-state index contributed by atoms with van der Waals surface area (Å²) in [5, 5.41) is 26.9. The average Bonchev–Trinajstić information content (AvgIpc) is 2.86. The van der Waals surface area contributed by atoms with Crippen LogP contribution >= 0.6 is 11.8 Å². The fourth-order valence-corrected chi connectivity index (χ4v) is 4.86. The number of amides is 2. The van der Waals surface area contributed by atoms with E-state index in [9.17, 15) is 29.6 Å². The van der Waals surface area contributed by atoms with E-state index in [0.717, 1.165) is 0 Å². The van der Waals surface area contributed by atoms with E-state index in [1.54, 1.807) is 13.8 Å². The number of non-ortho nitro benzene ring substituents is 1. The molecule has 2 aliphatic heterocycles. The number of carbonyl (C=O) groups is 3. The number of carbonyl (C=O) groups excluding carboxylic acids is 3. The Balaban J connectivity index is 0.00000280. The zero-order valence-corrected chi connectivity index (χ0v) is 18.3. The number of aliphatic carboxylic acids is 1. The largest absolute Gasteiger partial charge is 1.00 e. The first-order valence-electron chi connectivity index (χ1n) is 8.10. The molecule has 2 fully saturated rings. The normalized spacial score (nSPS) is 24.4. The third kappa shape index (κ3) is 4.12. The van der Waals surface area contributed by atoms with Gasteiger partial charge in [-0.1, -0.05) is 0 Å². The second-order valence-electron chi connectivity index (χ2n) is 6.78. The van der Waals surface area contributed by atoms with E-state index in [1.165, 1.54) is 40.9 Å². The number of carboxylic acid groups (broad SMARTS) is 1. The van der Waals surface area contributed by atoms with Crippen molar-refractivity contribution < 1.29 is 54.0 Å². The first kappa shape index (κ1) is 22.5. The van der Waals surface area contributed by atoms with Crippen LogP contribution < -0.4 is 45.3 Å². The molecule has 28 heavy (non-hydrogen) atoms. The van der Waals surface area contributed by atoms with Crippen molar-refractivity contribution >= 4 is 40.9 Å². The van der Waals surface area contributed by atoms with Crippen LogP contribution in [0.3, 0.4) is 0 Å². The van der Waals surface area contributed by atoms with Gasteiger partial charge in [-0.3, -0.25) is 19.7 Å². The van der Waals surface area contributed by atoms with Gasteiger partial charge in [0.1, 0.15) is 11.4 Å². The van der Waals surface area contributed by atoms with Crippen LogP contribution in [0.4, 0.5) is 11.4 Å². The first-order chi connectivity index (χ1) is 12.6. The van der Waals surface area contributed by atoms with Crippen LogP contribution in [0.15, 0.2) is 24.3 Å². The van der Waals surface area contributed by atoms with Crippen LogP contribution in [0.25, 0.3) is 0 Å². The Morgan fingerprint density at radius 1 is 1.29 bits per heavy atom. The SMILES string of the molecule is CC1(C)S[C@@H]2C(NC(=O)CNc3ccc([N+](=O)[O-])cc3)C(=O)N2[C@H]1C(=O)[O-].[Na+]. The van der Waals surface area contributed by atoms with Gasteiger partial charge in [0.05, 0.1) is 23.5 Å². The molecule has 0 aromatic heterocycles. The number of nitrogens with zero attached hydrogens (tertiary/aromatic N) is 2. The standard InChI is InChI=1S/C16H18N4O6S.Na/c1-16(2)12(15(23)24)19-13(22)11(14(19)27-16)18-10(21)7-17-8-3-5-9(6-4-8)20(25)26;/h3-6,11-12,14,17H,7H2,1-2H3,(H,18,21)(H,23,24);/q;+1/p-1/t11?,12-,14+;/m0./s1. The van der Waals surface area contributed by atoms with Crippen molar-refractivity contribution in [3.63, 3.8) is 0 Å². The van der Waals surface area contributed by atoms with Gasteiger partial charge in [-0.15, -0.1) is 11.8 Å². The number of fused-ring (bicyclic) bond motifs is 1. The van der Waals surface area contributed by atoms with Gasteiger partial charge in [0.25, 0.3) is 5.69 Å². The monoisotopic (exact) mass is 416 g/mol. The van der Waals surface area contributed by atoms with E-state index in [1.807, 2.05) is 0 Å². The van der Waals surface area contributed by atoms with Gasteiger partial charge in [-0.25, -0.2) is 0 Å². The molecule has 2 heterocycles. The van der Waals surface area contributed by atoms with Crippen LogP contribution in [0.5, 0.6) is 0 Å². The summed E-state index contributed by atoms with van der Waals surface area (Å²) in [5.74, 6) is -2.20. The van der Waals surface area contributed by atoms with Crippen molar-refractivity contribution in [1.29, 1.82) is 0 Å². The Morgan fingerprint density at radius 2 is 1.89 bits per heavy atom. The zero-order valence-electron chi connectivity index (χ0n) is 15.5. The van der Waals surface area contributed by atoms with Gasteiger partial charge in [0, 0.05) is 22.6 Å². The third-order valence-electron chi connectivity index (χ3n) is 4.51. The van der Waals surface area contributed by atoms with Crippen molar-refractivity contribution in [3.05, 3.63) is 34.4 Å². The topological polar surface area (TPSA) is 145 Å². The summed E-state index contributed by atoms with van der Waals surface area (Å²) in [6.45, 7) is 3.31. The summed E-state index contributed by atoms with van der Waals surface area (Å²) in [5.41, 5.74) is 0.458. The van der Waals surface area contributed by atoms with Gasteiger partial charge in [0.15, 0.2) is 0 Å². The number of β-lactam (4-membered cyclic amide) rings is 1. The van der Waals surface area contributed by atoms with Gasteiger partial charge < -0.3 is 25.4 Å². The fraction of sp³-hybridized carbons (Fsp3) is 0.438. The van der Waals surface area contributed by atoms with Crippen molar-refractivity contribution in [3.8, 4) is 0 Å². The van der Waals surface area contributed by atoms with Crippen LogP contribution in [-0.2, 0) is 14.4 Å². The van der Waals surface area contributed by atoms with Gasteiger partial charge in [-0.2, -0.15) is 0 Å². The number of rotatable bonds is 6. The minimum atomic E-state index is -1.31. The second-order valence-corrected chi connectivity index (χ2v) is 8.55. The van der Waals surface area contributed by atoms with E-state index in [4.69, 9.17) is 0 Å². The van der Waals surface area contributed by atoms with E-state index < -0.39 is 44.9 Å². The summed E-state index contributed by atoms with van der Waals surface area (Å²) in [4.78, 5) is 47.1. The van der Waals surface area contributed by atoms with Crippen molar-refractivity contribution in [2.75, 3.05) is 11.9 Å². The number of anilines is 1. The molecule has 0 bridgehead atoms. The molecule has 0 radical (unpaired) electrons. The number of carboxylic acids is 1. The van der Waals surface area contributed by atoms with Crippen LogP contribution in [0.1, 0.15) is 13.8 Å². The fourth-order valence-electron chi connectivity index (χ4n) is 3.23. The maximum absolute atomic E-state index is 12.3.